The number of hydrogen-bond donors (Lipinski definition) is 1. The van der Waals surface area contributed by atoms with Crippen molar-refractivity contribution in [1.82, 2.24) is 10.3 Å². The van der Waals surface area contributed by atoms with Crippen LogP contribution in [0.25, 0.3) is 0 Å². The van der Waals surface area contributed by atoms with Crippen molar-refractivity contribution in [1.29, 1.82) is 0 Å². The molecule has 3 aromatic rings. The van der Waals surface area contributed by atoms with Gasteiger partial charge in [-0.1, -0.05) is 18.2 Å². The molecule has 0 spiro atoms. The number of aromatic nitrogens is 1. The molecule has 128 valence electrons. The highest BCUT2D eigenvalue weighted by Gasteiger charge is 2.07. The molecule has 2 aromatic carbocycles. The maximum atomic E-state index is 12.3. The van der Waals surface area contributed by atoms with Crippen molar-refractivity contribution in [2.24, 2.45) is 0 Å². The number of amides is 1. The summed E-state index contributed by atoms with van der Waals surface area (Å²) < 4.78 is 10.8. The third-order valence-electron chi connectivity index (χ3n) is 3.58. The fourth-order valence-electron chi connectivity index (χ4n) is 2.22. The van der Waals surface area contributed by atoms with Gasteiger partial charge in [-0.25, -0.2) is 4.98 Å². The topological polar surface area (TPSA) is 60.5 Å². The van der Waals surface area contributed by atoms with Crippen molar-refractivity contribution >= 4 is 17.2 Å². The summed E-state index contributed by atoms with van der Waals surface area (Å²) in [5, 5.41) is 4.84. The summed E-state index contributed by atoms with van der Waals surface area (Å²) in [4.78, 5) is 16.5. The predicted octanol–water partition coefficient (Wildman–Crippen LogP) is 3.66. The molecule has 0 aliphatic heterocycles. The number of nitrogens with zero attached hydrogens (tertiary/aromatic N) is 1. The molecule has 0 aliphatic rings. The number of thiazole rings is 1. The van der Waals surface area contributed by atoms with Gasteiger partial charge in [0.15, 0.2) is 0 Å². The van der Waals surface area contributed by atoms with E-state index in [4.69, 9.17) is 9.47 Å². The molecule has 1 aromatic heterocycles. The number of benzene rings is 2. The molecular weight excluding hydrogens is 336 g/mol. The van der Waals surface area contributed by atoms with E-state index in [9.17, 15) is 4.79 Å². The molecule has 0 unspecified atom stereocenters. The SMILES string of the molecule is COc1ccc(CNC(=O)c2cccc(OCc3cscn3)c2)cc1. The highest BCUT2D eigenvalue weighted by atomic mass is 32.1. The van der Waals surface area contributed by atoms with E-state index in [0.717, 1.165) is 17.0 Å². The Morgan fingerprint density at radius 3 is 2.72 bits per heavy atom. The van der Waals surface area contributed by atoms with Crippen molar-refractivity contribution in [2.45, 2.75) is 13.2 Å². The van der Waals surface area contributed by atoms with Gasteiger partial charge in [0.25, 0.3) is 5.91 Å². The molecular formula is C19H18N2O3S. The number of hydrogen-bond acceptors (Lipinski definition) is 5. The summed E-state index contributed by atoms with van der Waals surface area (Å²) in [6.07, 6.45) is 0. The van der Waals surface area contributed by atoms with Crippen LogP contribution in [-0.2, 0) is 13.2 Å². The Hall–Kier alpha value is -2.86. The Morgan fingerprint density at radius 2 is 2.00 bits per heavy atom. The maximum absolute atomic E-state index is 12.3. The van der Waals surface area contributed by atoms with Crippen LogP contribution in [0, 0.1) is 0 Å². The maximum Gasteiger partial charge on any atom is 0.251 e. The number of methoxy groups -OCH3 is 1. The molecule has 1 heterocycles. The van der Waals surface area contributed by atoms with Crippen molar-refractivity contribution in [2.75, 3.05) is 7.11 Å². The minimum Gasteiger partial charge on any atom is -0.497 e. The van der Waals surface area contributed by atoms with Crippen LogP contribution in [0.1, 0.15) is 21.6 Å². The van der Waals surface area contributed by atoms with Gasteiger partial charge in [-0.3, -0.25) is 4.79 Å². The summed E-state index contributed by atoms with van der Waals surface area (Å²) in [5.74, 6) is 1.29. The Labute approximate surface area is 150 Å². The van der Waals surface area contributed by atoms with Gasteiger partial charge in [0.2, 0.25) is 0 Å². The summed E-state index contributed by atoms with van der Waals surface area (Å²) in [6, 6.07) is 14.7. The molecule has 6 heteroatoms. The molecule has 0 aliphatic carbocycles. The molecule has 0 saturated carbocycles. The van der Waals surface area contributed by atoms with Gasteiger partial charge in [-0.2, -0.15) is 0 Å². The monoisotopic (exact) mass is 354 g/mol. The van der Waals surface area contributed by atoms with Crippen molar-refractivity contribution in [3.8, 4) is 11.5 Å². The van der Waals surface area contributed by atoms with E-state index < -0.39 is 0 Å². The van der Waals surface area contributed by atoms with Crippen LogP contribution in [0.2, 0.25) is 0 Å². The second kappa shape index (κ2) is 8.30. The van der Waals surface area contributed by atoms with Crippen LogP contribution in [0.15, 0.2) is 59.4 Å². The lowest BCUT2D eigenvalue weighted by atomic mass is 10.2. The minimum absolute atomic E-state index is 0.144. The van der Waals surface area contributed by atoms with Gasteiger partial charge in [0, 0.05) is 17.5 Å². The van der Waals surface area contributed by atoms with E-state index in [1.165, 1.54) is 11.3 Å². The first kappa shape index (κ1) is 17.0. The van der Waals surface area contributed by atoms with Gasteiger partial charge >= 0.3 is 0 Å². The first-order chi connectivity index (χ1) is 12.2. The first-order valence-electron chi connectivity index (χ1n) is 7.75. The number of carbonyl (C=O) groups excluding carboxylic acids is 1. The van der Waals surface area contributed by atoms with Crippen LogP contribution < -0.4 is 14.8 Å². The van der Waals surface area contributed by atoms with E-state index in [1.807, 2.05) is 35.7 Å². The lowest BCUT2D eigenvalue weighted by Gasteiger charge is -2.08. The Morgan fingerprint density at radius 1 is 1.16 bits per heavy atom. The Kier molecular flexibility index (Phi) is 5.64. The van der Waals surface area contributed by atoms with Crippen LogP contribution in [0.5, 0.6) is 11.5 Å². The summed E-state index contributed by atoms with van der Waals surface area (Å²) in [7, 11) is 1.63. The average molecular weight is 354 g/mol. The zero-order valence-electron chi connectivity index (χ0n) is 13.8. The molecule has 0 fully saturated rings. The Balaban J connectivity index is 1.56. The zero-order valence-corrected chi connectivity index (χ0v) is 14.6. The molecule has 5 nitrogen and oxygen atoms in total. The second-order valence-electron chi connectivity index (χ2n) is 5.33. The van der Waals surface area contributed by atoms with Crippen LogP contribution in [0.4, 0.5) is 0 Å². The summed E-state index contributed by atoms with van der Waals surface area (Å²) >= 11 is 1.53. The molecule has 25 heavy (non-hydrogen) atoms. The minimum atomic E-state index is -0.144. The highest BCUT2D eigenvalue weighted by molar-refractivity contribution is 7.07. The summed E-state index contributed by atoms with van der Waals surface area (Å²) in [5.41, 5.74) is 4.20. The largest absolute Gasteiger partial charge is 0.497 e. The number of ether oxygens (including phenoxy) is 2. The smallest absolute Gasteiger partial charge is 0.251 e. The van der Waals surface area contributed by atoms with Gasteiger partial charge in [-0.15, -0.1) is 11.3 Å². The second-order valence-corrected chi connectivity index (χ2v) is 6.05. The predicted molar refractivity (Wildman–Crippen MR) is 97.1 cm³/mol. The third-order valence-corrected chi connectivity index (χ3v) is 4.21. The van der Waals surface area contributed by atoms with E-state index in [0.29, 0.717) is 24.5 Å². The van der Waals surface area contributed by atoms with Crippen molar-refractivity contribution in [3.63, 3.8) is 0 Å². The molecule has 0 bridgehead atoms. The molecule has 1 amide bonds. The fraction of sp³-hybridized carbons (Fsp3) is 0.158. The standard InChI is InChI=1S/C19H18N2O3S/c1-23-17-7-5-14(6-8-17)10-20-19(22)15-3-2-4-18(9-15)24-11-16-12-25-13-21-16/h2-9,12-13H,10-11H2,1H3,(H,20,22). The van der Waals surface area contributed by atoms with Crippen LogP contribution in [-0.4, -0.2) is 18.0 Å². The zero-order chi connectivity index (χ0) is 17.5. The van der Waals surface area contributed by atoms with Gasteiger partial charge < -0.3 is 14.8 Å². The molecule has 3 rings (SSSR count). The van der Waals surface area contributed by atoms with Crippen LogP contribution in [0.3, 0.4) is 0 Å². The highest BCUT2D eigenvalue weighted by Crippen LogP contribution is 2.16. The first-order valence-corrected chi connectivity index (χ1v) is 8.70. The summed E-state index contributed by atoms with van der Waals surface area (Å²) in [6.45, 7) is 0.840. The number of carbonyl (C=O) groups is 1. The molecule has 0 radical (unpaired) electrons. The quantitative estimate of drug-likeness (QED) is 0.703. The normalized spacial score (nSPS) is 10.3. The van der Waals surface area contributed by atoms with E-state index in [-0.39, 0.29) is 5.91 Å². The van der Waals surface area contributed by atoms with Gasteiger partial charge in [-0.05, 0) is 35.9 Å². The fourth-order valence-corrected chi connectivity index (χ4v) is 2.76. The Bertz CT molecular complexity index is 817. The van der Waals surface area contributed by atoms with Gasteiger partial charge in [0.1, 0.15) is 18.1 Å². The van der Waals surface area contributed by atoms with E-state index in [2.05, 4.69) is 10.3 Å². The van der Waals surface area contributed by atoms with Crippen molar-refractivity contribution in [3.05, 3.63) is 76.2 Å². The molecule has 0 saturated heterocycles. The van der Waals surface area contributed by atoms with E-state index >= 15 is 0 Å². The van der Waals surface area contributed by atoms with E-state index in [1.54, 1.807) is 30.8 Å². The third kappa shape index (κ3) is 4.81. The van der Waals surface area contributed by atoms with Crippen LogP contribution >= 0.6 is 11.3 Å². The van der Waals surface area contributed by atoms with Crippen molar-refractivity contribution < 1.29 is 14.3 Å². The molecule has 1 N–H and O–H groups in total. The van der Waals surface area contributed by atoms with Gasteiger partial charge in [0.05, 0.1) is 18.3 Å². The lowest BCUT2D eigenvalue weighted by molar-refractivity contribution is 0.0950. The molecule has 0 atom stereocenters. The average Bonchev–Trinajstić information content (AvgIpc) is 3.19. The lowest BCUT2D eigenvalue weighted by Crippen LogP contribution is -2.22. The number of rotatable bonds is 7. The number of nitrogens with one attached hydrogen (secondary N) is 1.